The largest absolute Gasteiger partial charge is 0.462 e. The monoisotopic (exact) mass is 278 g/mol. The summed E-state index contributed by atoms with van der Waals surface area (Å²) in [6.07, 6.45) is 5.64. The molecule has 0 aromatic heterocycles. The first kappa shape index (κ1) is 14.9. The van der Waals surface area contributed by atoms with Crippen LogP contribution in [0.5, 0.6) is 0 Å². The zero-order chi connectivity index (χ0) is 11.7. The van der Waals surface area contributed by atoms with Crippen molar-refractivity contribution < 1.29 is 9.53 Å². The molecule has 0 rings (SSSR count). The first-order chi connectivity index (χ1) is 7.17. The molecular weight excluding hydrogens is 256 g/mol. The van der Waals surface area contributed by atoms with Crippen molar-refractivity contribution >= 4 is 21.9 Å². The number of hydrogen-bond acceptors (Lipinski definition) is 2. The van der Waals surface area contributed by atoms with Gasteiger partial charge in [-0.1, -0.05) is 49.5 Å². The Morgan fingerprint density at radius 1 is 1.13 bits per heavy atom. The lowest BCUT2D eigenvalue weighted by molar-refractivity contribution is -0.146. The summed E-state index contributed by atoms with van der Waals surface area (Å²) in [4.78, 5) is 11.1. The third-order valence-electron chi connectivity index (χ3n) is 2.91. The van der Waals surface area contributed by atoms with E-state index >= 15 is 0 Å². The summed E-state index contributed by atoms with van der Waals surface area (Å²) in [6, 6.07) is 0. The summed E-state index contributed by atoms with van der Waals surface area (Å²) in [5, 5.41) is 0.300. The van der Waals surface area contributed by atoms with Gasteiger partial charge >= 0.3 is 5.97 Å². The predicted octanol–water partition coefficient (Wildman–Crippen LogP) is 3.92. The maximum Gasteiger partial charge on any atom is 0.316 e. The molecule has 0 aromatic carbocycles. The Labute approximate surface area is 102 Å². The molecule has 0 saturated heterocycles. The lowest BCUT2D eigenvalue weighted by Crippen LogP contribution is -2.19. The number of carbonyl (C=O) groups is 1. The maximum atomic E-state index is 11.1. The van der Waals surface area contributed by atoms with Gasteiger partial charge in [-0.25, -0.2) is 0 Å². The van der Waals surface area contributed by atoms with Crippen LogP contribution in [0.4, 0.5) is 0 Å². The molecular formula is C12H23BrO2. The van der Waals surface area contributed by atoms with Crippen LogP contribution in [-0.2, 0) is 9.53 Å². The minimum Gasteiger partial charge on any atom is -0.462 e. The number of rotatable bonds is 8. The van der Waals surface area contributed by atoms with Gasteiger partial charge < -0.3 is 4.74 Å². The lowest BCUT2D eigenvalue weighted by Gasteiger charge is -2.18. The minimum absolute atomic E-state index is 0.107. The Morgan fingerprint density at radius 2 is 1.73 bits per heavy atom. The summed E-state index contributed by atoms with van der Waals surface area (Å²) in [6.45, 7) is 6.51. The van der Waals surface area contributed by atoms with E-state index in [0.717, 1.165) is 18.8 Å². The fraction of sp³-hybridized carbons (Fsp3) is 0.917. The van der Waals surface area contributed by atoms with E-state index in [9.17, 15) is 4.79 Å². The molecule has 0 N–H and O–H groups in total. The van der Waals surface area contributed by atoms with Crippen LogP contribution in [0.15, 0.2) is 0 Å². The van der Waals surface area contributed by atoms with Gasteiger partial charge in [-0.2, -0.15) is 0 Å². The van der Waals surface area contributed by atoms with Crippen LogP contribution in [-0.4, -0.2) is 17.4 Å². The van der Waals surface area contributed by atoms with E-state index in [1.165, 1.54) is 19.3 Å². The van der Waals surface area contributed by atoms with Crippen molar-refractivity contribution in [1.29, 1.82) is 0 Å². The number of ether oxygens (including phenoxy) is 1. The Morgan fingerprint density at radius 3 is 2.13 bits per heavy atom. The van der Waals surface area contributed by atoms with E-state index in [4.69, 9.17) is 4.74 Å². The van der Waals surface area contributed by atoms with E-state index in [-0.39, 0.29) is 12.1 Å². The van der Waals surface area contributed by atoms with Crippen molar-refractivity contribution in [2.24, 2.45) is 5.92 Å². The second-order valence-electron chi connectivity index (χ2n) is 3.91. The van der Waals surface area contributed by atoms with Gasteiger partial charge in [0.25, 0.3) is 0 Å². The van der Waals surface area contributed by atoms with Crippen molar-refractivity contribution in [2.75, 3.05) is 5.33 Å². The molecule has 1 atom stereocenters. The molecule has 0 aliphatic carbocycles. The zero-order valence-electron chi connectivity index (χ0n) is 10.1. The normalized spacial score (nSPS) is 12.9. The minimum atomic E-state index is -0.147. The Bertz CT molecular complexity index is 167. The quantitative estimate of drug-likeness (QED) is 0.497. The summed E-state index contributed by atoms with van der Waals surface area (Å²) in [5.41, 5.74) is 0. The summed E-state index contributed by atoms with van der Waals surface area (Å²) in [5.74, 6) is 0.633. The van der Waals surface area contributed by atoms with Gasteiger partial charge in [0.15, 0.2) is 0 Å². The van der Waals surface area contributed by atoms with E-state index in [2.05, 4.69) is 36.7 Å². The standard InChI is InChI=1S/C12H23BrO2/c1-4-10(5-2)7-8-11(6-3)15-12(14)9-13/h10-11H,4-9H2,1-3H3. The second kappa shape index (κ2) is 9.20. The number of carbonyl (C=O) groups excluding carboxylic acids is 1. The molecule has 0 radical (unpaired) electrons. The Balaban J connectivity index is 3.83. The molecule has 0 aliphatic heterocycles. The molecule has 2 nitrogen and oxygen atoms in total. The predicted molar refractivity (Wildman–Crippen MR) is 67.3 cm³/mol. The fourth-order valence-electron chi connectivity index (χ4n) is 1.68. The zero-order valence-corrected chi connectivity index (χ0v) is 11.7. The first-order valence-electron chi connectivity index (χ1n) is 5.93. The fourth-order valence-corrected chi connectivity index (χ4v) is 1.81. The third kappa shape index (κ3) is 6.93. The number of alkyl halides is 1. The molecule has 1 unspecified atom stereocenters. The summed E-state index contributed by atoms with van der Waals surface area (Å²) >= 11 is 3.11. The molecule has 3 heteroatoms. The molecule has 0 fully saturated rings. The van der Waals surface area contributed by atoms with Crippen molar-refractivity contribution in [2.45, 2.75) is 59.0 Å². The van der Waals surface area contributed by atoms with Crippen LogP contribution >= 0.6 is 15.9 Å². The Kier molecular flexibility index (Phi) is 9.17. The van der Waals surface area contributed by atoms with Gasteiger partial charge in [0.1, 0.15) is 11.4 Å². The molecule has 90 valence electrons. The van der Waals surface area contributed by atoms with Crippen LogP contribution in [0, 0.1) is 5.92 Å². The van der Waals surface area contributed by atoms with Crippen LogP contribution < -0.4 is 0 Å². The highest BCUT2D eigenvalue weighted by molar-refractivity contribution is 9.09. The smallest absolute Gasteiger partial charge is 0.316 e. The Hall–Kier alpha value is -0.0500. The highest BCUT2D eigenvalue weighted by Gasteiger charge is 2.13. The summed E-state index contributed by atoms with van der Waals surface area (Å²) < 4.78 is 5.30. The number of halogens is 1. The van der Waals surface area contributed by atoms with Gasteiger partial charge in [0.2, 0.25) is 0 Å². The first-order valence-corrected chi connectivity index (χ1v) is 7.05. The molecule has 0 spiro atoms. The van der Waals surface area contributed by atoms with Crippen LogP contribution in [0.1, 0.15) is 52.9 Å². The van der Waals surface area contributed by atoms with Gasteiger partial charge in [-0.05, 0) is 25.2 Å². The molecule has 0 saturated carbocycles. The van der Waals surface area contributed by atoms with Gasteiger partial charge in [-0.15, -0.1) is 0 Å². The van der Waals surface area contributed by atoms with Crippen molar-refractivity contribution in [3.63, 3.8) is 0 Å². The second-order valence-corrected chi connectivity index (χ2v) is 4.47. The topological polar surface area (TPSA) is 26.3 Å². The van der Waals surface area contributed by atoms with Crippen LogP contribution in [0.25, 0.3) is 0 Å². The van der Waals surface area contributed by atoms with E-state index in [1.54, 1.807) is 0 Å². The highest BCUT2D eigenvalue weighted by Crippen LogP contribution is 2.18. The van der Waals surface area contributed by atoms with E-state index in [1.807, 2.05) is 0 Å². The van der Waals surface area contributed by atoms with E-state index < -0.39 is 0 Å². The third-order valence-corrected chi connectivity index (χ3v) is 3.37. The van der Waals surface area contributed by atoms with Crippen LogP contribution in [0.2, 0.25) is 0 Å². The maximum absolute atomic E-state index is 11.1. The average molecular weight is 279 g/mol. The van der Waals surface area contributed by atoms with Crippen molar-refractivity contribution in [1.82, 2.24) is 0 Å². The van der Waals surface area contributed by atoms with Crippen molar-refractivity contribution in [3.8, 4) is 0 Å². The molecule has 0 amide bonds. The molecule has 0 aliphatic rings. The SMILES string of the molecule is CCC(CC)CCC(CC)OC(=O)CBr. The average Bonchev–Trinajstić information content (AvgIpc) is 2.28. The van der Waals surface area contributed by atoms with Crippen molar-refractivity contribution in [3.05, 3.63) is 0 Å². The molecule has 15 heavy (non-hydrogen) atoms. The van der Waals surface area contributed by atoms with Gasteiger partial charge in [0, 0.05) is 0 Å². The number of esters is 1. The molecule has 0 heterocycles. The molecule has 0 aromatic rings. The van der Waals surface area contributed by atoms with Gasteiger partial charge in [-0.3, -0.25) is 4.79 Å². The van der Waals surface area contributed by atoms with Gasteiger partial charge in [0.05, 0.1) is 0 Å². The number of hydrogen-bond donors (Lipinski definition) is 0. The van der Waals surface area contributed by atoms with E-state index in [0.29, 0.717) is 5.33 Å². The van der Waals surface area contributed by atoms with Crippen LogP contribution in [0.3, 0.4) is 0 Å². The lowest BCUT2D eigenvalue weighted by atomic mass is 9.95. The highest BCUT2D eigenvalue weighted by atomic mass is 79.9. The molecule has 0 bridgehead atoms. The summed E-state index contributed by atoms with van der Waals surface area (Å²) in [7, 11) is 0.